The molecule has 2 bridgehead atoms. The second-order valence-corrected chi connectivity index (χ2v) is 13.3. The second kappa shape index (κ2) is 10.8. The minimum absolute atomic E-state index is 0.0440. The van der Waals surface area contributed by atoms with Crippen LogP contribution < -0.4 is 9.47 Å². The number of esters is 1. The lowest BCUT2D eigenvalue weighted by Crippen LogP contribution is -2.52. The van der Waals surface area contributed by atoms with Gasteiger partial charge in [0.2, 0.25) is 0 Å². The maximum atomic E-state index is 12.5. The zero-order valence-electron chi connectivity index (χ0n) is 24.5. The highest BCUT2D eigenvalue weighted by Gasteiger charge is 2.56. The van der Waals surface area contributed by atoms with Crippen LogP contribution in [-0.4, -0.2) is 26.8 Å². The summed E-state index contributed by atoms with van der Waals surface area (Å²) >= 11 is 0. The van der Waals surface area contributed by atoms with E-state index in [0.29, 0.717) is 18.4 Å². The lowest BCUT2D eigenvalue weighted by atomic mass is 9.45. The summed E-state index contributed by atoms with van der Waals surface area (Å²) in [5.74, 6) is 2.77. The standard InChI is InChI=1S/C32H50O4/c1-11-12-13-14-15-31(5,6)22-17-26(34-9)28(27(18-22)35-10)23-16-21(20-36-29(33)30(2,3)4)24-19-25(23)32(24,7)8/h16-18,23-25H,11-15,19-20H2,1-10H3/t23-,24?,25-/m0/s1. The maximum absolute atomic E-state index is 12.5. The minimum atomic E-state index is -0.502. The van der Waals surface area contributed by atoms with Crippen LogP contribution in [0.3, 0.4) is 0 Å². The molecular weight excluding hydrogens is 448 g/mol. The van der Waals surface area contributed by atoms with Gasteiger partial charge in [-0.15, -0.1) is 0 Å². The number of carbonyl (C=O) groups excluding carboxylic acids is 1. The molecule has 3 atom stereocenters. The fourth-order valence-corrected chi connectivity index (χ4v) is 6.26. The van der Waals surface area contributed by atoms with Crippen LogP contribution in [0.15, 0.2) is 23.8 Å². The highest BCUT2D eigenvalue weighted by atomic mass is 16.5. The third-order valence-electron chi connectivity index (χ3n) is 8.91. The molecular formula is C32H50O4. The van der Waals surface area contributed by atoms with Crippen molar-refractivity contribution in [2.75, 3.05) is 20.8 Å². The van der Waals surface area contributed by atoms with Crippen LogP contribution >= 0.6 is 0 Å². The summed E-state index contributed by atoms with van der Waals surface area (Å²) in [5, 5.41) is 0. The Labute approximate surface area is 220 Å². The lowest BCUT2D eigenvalue weighted by Gasteiger charge is -2.59. The smallest absolute Gasteiger partial charge is 0.311 e. The van der Waals surface area contributed by atoms with Crippen molar-refractivity contribution in [2.24, 2.45) is 22.7 Å². The van der Waals surface area contributed by atoms with Gasteiger partial charge in [0.1, 0.15) is 18.1 Å². The Kier molecular flexibility index (Phi) is 8.57. The fourth-order valence-electron chi connectivity index (χ4n) is 6.26. The monoisotopic (exact) mass is 498 g/mol. The molecule has 36 heavy (non-hydrogen) atoms. The number of unbranched alkanes of at least 4 members (excludes halogenated alkanes) is 3. The maximum Gasteiger partial charge on any atom is 0.311 e. The van der Waals surface area contributed by atoms with Gasteiger partial charge in [-0.05, 0) is 79.5 Å². The molecule has 1 fully saturated rings. The Hall–Kier alpha value is -1.97. The van der Waals surface area contributed by atoms with E-state index in [9.17, 15) is 4.79 Å². The Balaban J connectivity index is 1.96. The Morgan fingerprint density at radius 2 is 1.61 bits per heavy atom. The van der Waals surface area contributed by atoms with Crippen molar-refractivity contribution in [1.82, 2.24) is 0 Å². The molecule has 1 aromatic carbocycles. The highest BCUT2D eigenvalue weighted by Crippen LogP contribution is 2.65. The Morgan fingerprint density at radius 1 is 1.00 bits per heavy atom. The lowest BCUT2D eigenvalue weighted by molar-refractivity contribution is -0.152. The zero-order chi connectivity index (χ0) is 26.9. The van der Waals surface area contributed by atoms with Crippen LogP contribution in [0.5, 0.6) is 11.5 Å². The van der Waals surface area contributed by atoms with Gasteiger partial charge in [0.15, 0.2) is 0 Å². The molecule has 0 saturated heterocycles. The molecule has 3 aliphatic rings. The first kappa shape index (κ1) is 28.6. The van der Waals surface area contributed by atoms with Gasteiger partial charge in [-0.3, -0.25) is 4.79 Å². The first-order valence-electron chi connectivity index (χ1n) is 13.9. The van der Waals surface area contributed by atoms with Crippen LogP contribution in [0.25, 0.3) is 0 Å². The first-order valence-corrected chi connectivity index (χ1v) is 13.9. The van der Waals surface area contributed by atoms with Gasteiger partial charge in [-0.2, -0.15) is 0 Å². The predicted octanol–water partition coefficient (Wildman–Crippen LogP) is 8.23. The molecule has 0 aromatic heterocycles. The van der Waals surface area contributed by atoms with Crippen LogP contribution in [0.2, 0.25) is 0 Å². The van der Waals surface area contributed by atoms with Gasteiger partial charge in [0, 0.05) is 11.5 Å². The molecule has 1 saturated carbocycles. The average Bonchev–Trinajstić information content (AvgIpc) is 2.82. The van der Waals surface area contributed by atoms with Crippen molar-refractivity contribution in [3.63, 3.8) is 0 Å². The number of methoxy groups -OCH3 is 2. The van der Waals surface area contributed by atoms with Gasteiger partial charge < -0.3 is 14.2 Å². The number of rotatable bonds is 11. The number of hydrogen-bond acceptors (Lipinski definition) is 4. The normalized spacial score (nSPS) is 22.9. The number of fused-ring (bicyclic) bond motifs is 1. The van der Waals surface area contributed by atoms with Crippen molar-refractivity contribution in [2.45, 2.75) is 105 Å². The third-order valence-corrected chi connectivity index (χ3v) is 8.91. The number of allylic oxidation sites excluding steroid dienone is 1. The van der Waals surface area contributed by atoms with Crippen LogP contribution in [0, 0.1) is 22.7 Å². The molecule has 4 heteroatoms. The number of benzene rings is 1. The summed E-state index contributed by atoms with van der Waals surface area (Å²) in [7, 11) is 3.53. The first-order chi connectivity index (χ1) is 16.8. The molecule has 0 radical (unpaired) electrons. The molecule has 0 amide bonds. The van der Waals surface area contributed by atoms with Gasteiger partial charge in [-0.25, -0.2) is 0 Å². The largest absolute Gasteiger partial charge is 0.496 e. The molecule has 4 rings (SSSR count). The molecule has 1 aromatic rings. The third kappa shape index (κ3) is 5.63. The quantitative estimate of drug-likeness (QED) is 0.175. The molecule has 3 aliphatic carbocycles. The molecule has 0 heterocycles. The van der Waals surface area contributed by atoms with Crippen molar-refractivity contribution in [1.29, 1.82) is 0 Å². The van der Waals surface area contributed by atoms with Gasteiger partial charge >= 0.3 is 5.97 Å². The van der Waals surface area contributed by atoms with Crippen molar-refractivity contribution < 1.29 is 19.0 Å². The van der Waals surface area contributed by atoms with E-state index >= 15 is 0 Å². The summed E-state index contributed by atoms with van der Waals surface area (Å²) in [6, 6.07) is 4.48. The fraction of sp³-hybridized carbons (Fsp3) is 0.719. The van der Waals surface area contributed by atoms with E-state index < -0.39 is 5.41 Å². The van der Waals surface area contributed by atoms with E-state index in [-0.39, 0.29) is 22.7 Å². The molecule has 0 spiro atoms. The Morgan fingerprint density at radius 3 is 2.11 bits per heavy atom. The van der Waals surface area contributed by atoms with E-state index in [1.807, 2.05) is 20.8 Å². The molecule has 0 aliphatic heterocycles. The number of carbonyl (C=O) groups is 1. The van der Waals surface area contributed by atoms with E-state index in [1.54, 1.807) is 14.2 Å². The minimum Gasteiger partial charge on any atom is -0.496 e. The summed E-state index contributed by atoms with van der Waals surface area (Å²) in [4.78, 5) is 12.5. The van der Waals surface area contributed by atoms with Crippen molar-refractivity contribution in [3.05, 3.63) is 34.9 Å². The average molecular weight is 499 g/mol. The Bertz CT molecular complexity index is 938. The summed E-state index contributed by atoms with van der Waals surface area (Å²) < 4.78 is 17.9. The van der Waals surface area contributed by atoms with Crippen LogP contribution in [0.1, 0.15) is 111 Å². The van der Waals surface area contributed by atoms with Crippen molar-refractivity contribution >= 4 is 5.97 Å². The summed E-state index contributed by atoms with van der Waals surface area (Å²) in [5.41, 5.74) is 3.30. The van der Waals surface area contributed by atoms with Crippen LogP contribution in [0.4, 0.5) is 0 Å². The number of hydrogen-bond donors (Lipinski definition) is 0. The van der Waals surface area contributed by atoms with E-state index in [1.165, 1.54) is 36.8 Å². The van der Waals surface area contributed by atoms with Gasteiger partial charge in [-0.1, -0.05) is 66.4 Å². The van der Waals surface area contributed by atoms with Crippen LogP contribution in [-0.2, 0) is 14.9 Å². The molecule has 202 valence electrons. The molecule has 0 N–H and O–H groups in total. The topological polar surface area (TPSA) is 44.8 Å². The van der Waals surface area contributed by atoms with E-state index in [0.717, 1.165) is 29.9 Å². The van der Waals surface area contributed by atoms with E-state index in [2.05, 4.69) is 52.8 Å². The predicted molar refractivity (Wildman–Crippen MR) is 148 cm³/mol. The highest BCUT2D eigenvalue weighted by molar-refractivity contribution is 5.75. The summed E-state index contributed by atoms with van der Waals surface area (Å²) in [6.45, 7) is 17.7. The summed E-state index contributed by atoms with van der Waals surface area (Å²) in [6.07, 6.45) is 9.64. The van der Waals surface area contributed by atoms with Gasteiger partial charge in [0.25, 0.3) is 0 Å². The SMILES string of the molecule is CCCCCCC(C)(C)c1cc(OC)c([C@H]2C=C(COC(=O)C(C)(C)C)C3C[C@@H]2C3(C)C)c(OC)c1. The number of ether oxygens (including phenoxy) is 3. The zero-order valence-corrected chi connectivity index (χ0v) is 24.5. The molecule has 1 unspecified atom stereocenters. The van der Waals surface area contributed by atoms with E-state index in [4.69, 9.17) is 14.2 Å². The van der Waals surface area contributed by atoms with Gasteiger partial charge in [0.05, 0.1) is 19.6 Å². The second-order valence-electron chi connectivity index (χ2n) is 13.3. The molecule has 4 nitrogen and oxygen atoms in total. The van der Waals surface area contributed by atoms with Crippen molar-refractivity contribution in [3.8, 4) is 11.5 Å².